The van der Waals surface area contributed by atoms with Gasteiger partial charge in [-0.15, -0.1) is 0 Å². The van der Waals surface area contributed by atoms with Crippen LogP contribution in [0.25, 0.3) is 22.5 Å². The molecule has 158 valence electrons. The molecule has 2 amide bonds. The summed E-state index contributed by atoms with van der Waals surface area (Å²) in [6.45, 7) is 3.23. The molecule has 1 aromatic heterocycles. The molecule has 31 heavy (non-hydrogen) atoms. The van der Waals surface area contributed by atoms with Gasteiger partial charge in [-0.2, -0.15) is 5.10 Å². The molecular formula is C22H22N6O3. The average Bonchev–Trinajstić information content (AvgIpc) is 3.31. The Morgan fingerprint density at radius 1 is 1.06 bits per heavy atom. The van der Waals surface area contributed by atoms with Gasteiger partial charge in [0.25, 0.3) is 0 Å². The Balaban J connectivity index is 1.40. The van der Waals surface area contributed by atoms with Crippen molar-refractivity contribution in [2.75, 3.05) is 38.5 Å². The number of urea groups is 1. The number of aromatic nitrogens is 2. The highest BCUT2D eigenvalue weighted by atomic mass is 16.3. The van der Waals surface area contributed by atoms with Crippen molar-refractivity contribution >= 4 is 17.5 Å². The summed E-state index contributed by atoms with van der Waals surface area (Å²) in [6, 6.07) is 11.5. The van der Waals surface area contributed by atoms with Crippen molar-refractivity contribution in [1.29, 1.82) is 0 Å². The molecule has 0 bridgehead atoms. The highest BCUT2D eigenvalue weighted by Gasteiger charge is 2.35. The van der Waals surface area contributed by atoms with Crippen molar-refractivity contribution < 1.29 is 14.7 Å². The third-order valence-electron chi connectivity index (χ3n) is 5.71. The van der Waals surface area contributed by atoms with E-state index >= 15 is 0 Å². The first-order chi connectivity index (χ1) is 15.0. The maximum atomic E-state index is 13.3. The van der Waals surface area contributed by atoms with Gasteiger partial charge in [0.1, 0.15) is 11.4 Å². The summed E-state index contributed by atoms with van der Waals surface area (Å²) < 4.78 is 0. The molecule has 0 spiro atoms. The number of benzene rings is 2. The molecule has 0 atom stereocenters. The minimum absolute atomic E-state index is 0.142. The smallest absolute Gasteiger partial charge is 0.333 e. The van der Waals surface area contributed by atoms with Crippen molar-refractivity contribution in [3.8, 4) is 28.3 Å². The van der Waals surface area contributed by atoms with Crippen molar-refractivity contribution in [3.05, 3.63) is 53.6 Å². The maximum Gasteiger partial charge on any atom is 0.333 e. The van der Waals surface area contributed by atoms with E-state index < -0.39 is 0 Å². The Bertz CT molecular complexity index is 1160. The first kappa shape index (κ1) is 19.3. The zero-order valence-corrected chi connectivity index (χ0v) is 17.0. The Morgan fingerprint density at radius 2 is 1.81 bits per heavy atom. The van der Waals surface area contributed by atoms with Crippen molar-refractivity contribution in [1.82, 2.24) is 25.5 Å². The maximum absolute atomic E-state index is 13.3. The summed E-state index contributed by atoms with van der Waals surface area (Å²) in [7, 11) is 2.05. The molecule has 2 heterocycles. The van der Waals surface area contributed by atoms with Gasteiger partial charge in [-0.25, -0.2) is 9.80 Å². The number of hydrogen-bond acceptors (Lipinski definition) is 6. The van der Waals surface area contributed by atoms with Crippen LogP contribution in [0.2, 0.25) is 0 Å². The number of amides is 2. The number of rotatable bonds is 3. The van der Waals surface area contributed by atoms with Gasteiger partial charge >= 0.3 is 6.03 Å². The fourth-order valence-electron chi connectivity index (χ4n) is 4.03. The number of carbonyl (C=O) groups is 2. The van der Waals surface area contributed by atoms with Crippen LogP contribution in [0.3, 0.4) is 0 Å². The number of nitrogens with zero attached hydrogens (tertiary/aromatic N) is 3. The van der Waals surface area contributed by atoms with E-state index in [2.05, 4.69) is 25.8 Å². The van der Waals surface area contributed by atoms with Crippen molar-refractivity contribution in [3.63, 3.8) is 0 Å². The molecule has 1 aliphatic carbocycles. The van der Waals surface area contributed by atoms with E-state index in [-0.39, 0.29) is 17.6 Å². The van der Waals surface area contributed by atoms with Gasteiger partial charge in [-0.3, -0.25) is 15.3 Å². The molecule has 4 N–H and O–H groups in total. The summed E-state index contributed by atoms with van der Waals surface area (Å²) in [5.41, 5.74) is 6.79. The Morgan fingerprint density at radius 3 is 2.55 bits per heavy atom. The van der Waals surface area contributed by atoms with E-state index in [9.17, 15) is 14.7 Å². The SMILES string of the molecule is CN1CCN(NC(=O)Nc2cccc3c2C(=O)c2c(-c4ccc(O)cc4)n[nH]c2-3)CC1. The zero-order valence-electron chi connectivity index (χ0n) is 17.0. The normalized spacial score (nSPS) is 16.1. The van der Waals surface area contributed by atoms with Crippen LogP contribution in [0.1, 0.15) is 15.9 Å². The van der Waals surface area contributed by atoms with Gasteiger partial charge < -0.3 is 15.3 Å². The van der Waals surface area contributed by atoms with Crippen LogP contribution in [0.5, 0.6) is 5.75 Å². The lowest BCUT2D eigenvalue weighted by atomic mass is 10.0. The minimum Gasteiger partial charge on any atom is -0.508 e. The molecule has 0 saturated carbocycles. The van der Waals surface area contributed by atoms with Crippen molar-refractivity contribution in [2.24, 2.45) is 0 Å². The van der Waals surface area contributed by atoms with Gasteiger partial charge in [0, 0.05) is 37.3 Å². The highest BCUT2D eigenvalue weighted by Crippen LogP contribution is 2.42. The number of hydrazine groups is 1. The lowest BCUT2D eigenvalue weighted by Crippen LogP contribution is -2.53. The predicted molar refractivity (Wildman–Crippen MR) is 116 cm³/mol. The molecule has 2 aromatic carbocycles. The largest absolute Gasteiger partial charge is 0.508 e. The van der Waals surface area contributed by atoms with E-state index in [1.54, 1.807) is 36.4 Å². The number of aromatic hydroxyl groups is 1. The molecule has 1 saturated heterocycles. The molecule has 9 heteroatoms. The molecule has 0 radical (unpaired) electrons. The fourth-order valence-corrected chi connectivity index (χ4v) is 4.03. The Labute approximate surface area is 178 Å². The van der Waals surface area contributed by atoms with Crippen LogP contribution in [-0.2, 0) is 0 Å². The van der Waals surface area contributed by atoms with Crippen LogP contribution in [0, 0.1) is 0 Å². The topological polar surface area (TPSA) is 114 Å². The molecule has 1 fully saturated rings. The molecule has 1 aliphatic heterocycles. The molecule has 9 nitrogen and oxygen atoms in total. The molecular weight excluding hydrogens is 396 g/mol. The van der Waals surface area contributed by atoms with Gasteiger partial charge in [0.15, 0.2) is 5.78 Å². The summed E-state index contributed by atoms with van der Waals surface area (Å²) in [4.78, 5) is 28.1. The summed E-state index contributed by atoms with van der Waals surface area (Å²) in [5.74, 6) is -0.0549. The van der Waals surface area contributed by atoms with Crippen LogP contribution < -0.4 is 10.7 Å². The lowest BCUT2D eigenvalue weighted by Gasteiger charge is -2.32. The number of carbonyl (C=O) groups excluding carboxylic acids is 2. The summed E-state index contributed by atoms with van der Waals surface area (Å²) >= 11 is 0. The number of nitrogens with one attached hydrogen (secondary N) is 3. The quantitative estimate of drug-likeness (QED) is 0.406. The number of piperazine rings is 1. The number of likely N-dealkylation sites (N-methyl/N-ethyl adjacent to an activating group) is 1. The minimum atomic E-state index is -0.377. The number of fused-ring (bicyclic) bond motifs is 3. The number of anilines is 1. The Hall–Kier alpha value is -3.69. The van der Waals surface area contributed by atoms with Gasteiger partial charge in [0.2, 0.25) is 0 Å². The fraction of sp³-hybridized carbons (Fsp3) is 0.227. The monoisotopic (exact) mass is 418 g/mol. The van der Waals surface area contributed by atoms with E-state index in [0.717, 1.165) is 31.7 Å². The number of ketones is 1. The number of aromatic amines is 1. The van der Waals surface area contributed by atoms with Crippen LogP contribution >= 0.6 is 0 Å². The first-order valence-electron chi connectivity index (χ1n) is 10.1. The van der Waals surface area contributed by atoms with Crippen LogP contribution in [0.15, 0.2) is 42.5 Å². The first-order valence-corrected chi connectivity index (χ1v) is 10.1. The van der Waals surface area contributed by atoms with Crippen molar-refractivity contribution in [2.45, 2.75) is 0 Å². The third kappa shape index (κ3) is 3.43. The third-order valence-corrected chi connectivity index (χ3v) is 5.71. The van der Waals surface area contributed by atoms with Gasteiger partial charge in [0.05, 0.1) is 22.5 Å². The second-order valence-corrected chi connectivity index (χ2v) is 7.78. The molecule has 5 rings (SSSR count). The van der Waals surface area contributed by atoms with E-state index in [1.165, 1.54) is 0 Å². The molecule has 3 aromatic rings. The second kappa shape index (κ2) is 7.53. The molecule has 2 aliphatic rings. The molecule has 0 unspecified atom stereocenters. The van der Waals surface area contributed by atoms with Crippen LogP contribution in [-0.4, -0.2) is 70.3 Å². The lowest BCUT2D eigenvalue weighted by molar-refractivity contribution is 0.104. The second-order valence-electron chi connectivity index (χ2n) is 7.78. The van der Waals surface area contributed by atoms with Gasteiger partial charge in [-0.1, -0.05) is 12.1 Å². The average molecular weight is 418 g/mol. The number of phenols is 1. The summed E-state index contributed by atoms with van der Waals surface area (Å²) in [5, 5.41) is 21.5. The van der Waals surface area contributed by atoms with E-state index in [4.69, 9.17) is 0 Å². The van der Waals surface area contributed by atoms with Gasteiger partial charge in [-0.05, 0) is 37.4 Å². The predicted octanol–water partition coefficient (Wildman–Crippen LogP) is 2.28. The summed E-state index contributed by atoms with van der Waals surface area (Å²) in [6.07, 6.45) is 0. The number of hydrogen-bond donors (Lipinski definition) is 4. The Kier molecular flexibility index (Phi) is 4.68. The van der Waals surface area contributed by atoms with Crippen LogP contribution in [0.4, 0.5) is 10.5 Å². The number of H-pyrrole nitrogens is 1. The highest BCUT2D eigenvalue weighted by molar-refractivity contribution is 6.26. The zero-order chi connectivity index (χ0) is 21.5. The standard InChI is InChI=1S/C22H22N6O3/c1-27-9-11-28(12-10-27)26-22(31)23-16-4-2-3-15-17(16)21(30)18-19(24-25-20(15)18)13-5-7-14(29)8-6-13/h2-8,29H,9-12H2,1H3,(H,24,25)(H2,23,26,31). The number of phenolic OH excluding ortho intramolecular Hbond substituents is 1. The van der Waals surface area contributed by atoms with E-state index in [1.807, 2.05) is 18.1 Å². The van der Waals surface area contributed by atoms with E-state index in [0.29, 0.717) is 33.8 Å².